The van der Waals surface area contributed by atoms with Gasteiger partial charge in [0.05, 0.1) is 0 Å². The highest BCUT2D eigenvalue weighted by Crippen LogP contribution is 2.23. The molecule has 1 aromatic rings. The van der Waals surface area contributed by atoms with Crippen molar-refractivity contribution in [1.82, 2.24) is 5.32 Å². The first-order valence-corrected chi connectivity index (χ1v) is 7.77. The summed E-state index contributed by atoms with van der Waals surface area (Å²) in [7, 11) is 0. The van der Waals surface area contributed by atoms with E-state index < -0.39 is 0 Å². The van der Waals surface area contributed by atoms with Gasteiger partial charge >= 0.3 is 0 Å². The maximum absolute atomic E-state index is 3.51. The first-order chi connectivity index (χ1) is 7.13. The highest BCUT2D eigenvalue weighted by atomic mass is 79.9. The third-order valence-electron chi connectivity index (χ3n) is 2.06. The summed E-state index contributed by atoms with van der Waals surface area (Å²) < 4.78 is 2.21. The first-order valence-electron chi connectivity index (χ1n) is 4.79. The van der Waals surface area contributed by atoms with E-state index in [4.69, 9.17) is 0 Å². The van der Waals surface area contributed by atoms with Crippen LogP contribution in [0.5, 0.6) is 0 Å². The number of hydrogen-bond donors (Lipinski definition) is 1. The molecule has 1 N–H and O–H groups in total. The molecule has 0 saturated heterocycles. The normalized spacial score (nSPS) is 12.8. The minimum Gasteiger partial charge on any atom is -0.309 e. The molecule has 84 valence electrons. The van der Waals surface area contributed by atoms with Gasteiger partial charge in [0.15, 0.2) is 0 Å². The quantitative estimate of drug-likeness (QED) is 0.857. The summed E-state index contributed by atoms with van der Waals surface area (Å²) >= 11 is 8.84. The fraction of sp³-hybridized carbons (Fsp3) is 0.455. The van der Waals surface area contributed by atoms with Crippen molar-refractivity contribution >= 4 is 43.6 Å². The summed E-state index contributed by atoms with van der Waals surface area (Å²) in [6.07, 6.45) is 2.13. The zero-order valence-corrected chi connectivity index (χ0v) is 12.9. The molecule has 1 aromatic carbocycles. The average Bonchev–Trinajstić information content (AvgIpc) is 2.20. The van der Waals surface area contributed by atoms with Crippen LogP contribution >= 0.6 is 43.6 Å². The van der Waals surface area contributed by atoms with Crippen LogP contribution in [-0.2, 0) is 6.54 Å². The van der Waals surface area contributed by atoms with Gasteiger partial charge in [0.2, 0.25) is 0 Å². The van der Waals surface area contributed by atoms with Gasteiger partial charge in [-0.15, -0.1) is 0 Å². The van der Waals surface area contributed by atoms with E-state index in [1.54, 1.807) is 0 Å². The Morgan fingerprint density at radius 3 is 2.67 bits per heavy atom. The van der Waals surface area contributed by atoms with E-state index in [-0.39, 0.29) is 0 Å². The zero-order valence-electron chi connectivity index (χ0n) is 8.89. The van der Waals surface area contributed by atoms with E-state index in [1.807, 2.05) is 11.8 Å². The number of rotatable bonds is 5. The van der Waals surface area contributed by atoms with Crippen LogP contribution in [0.2, 0.25) is 0 Å². The van der Waals surface area contributed by atoms with Crippen molar-refractivity contribution in [2.45, 2.75) is 19.5 Å². The third kappa shape index (κ3) is 4.89. The monoisotopic (exact) mass is 351 g/mol. The van der Waals surface area contributed by atoms with Crippen LogP contribution in [0.1, 0.15) is 12.5 Å². The van der Waals surface area contributed by atoms with Gasteiger partial charge < -0.3 is 5.32 Å². The molecule has 1 nitrogen and oxygen atoms in total. The van der Waals surface area contributed by atoms with Crippen molar-refractivity contribution in [3.63, 3.8) is 0 Å². The molecule has 0 fully saturated rings. The van der Waals surface area contributed by atoms with E-state index in [2.05, 4.69) is 68.6 Å². The van der Waals surface area contributed by atoms with Crippen molar-refractivity contribution in [2.75, 3.05) is 12.0 Å². The number of nitrogens with one attached hydrogen (secondary N) is 1. The highest BCUT2D eigenvalue weighted by molar-refractivity contribution is 9.13. The Kier molecular flexibility index (Phi) is 6.27. The van der Waals surface area contributed by atoms with Crippen LogP contribution in [0, 0.1) is 0 Å². The fourth-order valence-electron chi connectivity index (χ4n) is 1.25. The van der Waals surface area contributed by atoms with Gasteiger partial charge in [-0.2, -0.15) is 11.8 Å². The standard InChI is InChI=1S/C11H15Br2NS/c1-8(7-15-2)14-6-9-3-4-10(12)11(13)5-9/h3-5,8,14H,6-7H2,1-2H3. The molecule has 0 aliphatic carbocycles. The lowest BCUT2D eigenvalue weighted by Gasteiger charge is -2.12. The molecular weight excluding hydrogens is 338 g/mol. The second-order valence-corrected chi connectivity index (χ2v) is 6.11. The van der Waals surface area contributed by atoms with Crippen molar-refractivity contribution in [1.29, 1.82) is 0 Å². The number of halogens is 2. The fourth-order valence-corrected chi connectivity index (χ4v) is 2.54. The molecule has 0 aliphatic rings. The smallest absolute Gasteiger partial charge is 0.0320 e. The van der Waals surface area contributed by atoms with Crippen LogP contribution in [-0.4, -0.2) is 18.1 Å². The molecule has 0 saturated carbocycles. The molecule has 1 unspecified atom stereocenters. The molecule has 0 heterocycles. The lowest BCUT2D eigenvalue weighted by atomic mass is 10.2. The molecule has 4 heteroatoms. The minimum absolute atomic E-state index is 0.558. The van der Waals surface area contributed by atoms with E-state index in [0.717, 1.165) is 21.2 Å². The molecule has 0 radical (unpaired) electrons. The summed E-state index contributed by atoms with van der Waals surface area (Å²) in [6.45, 7) is 3.14. The topological polar surface area (TPSA) is 12.0 Å². The summed E-state index contributed by atoms with van der Waals surface area (Å²) in [5.41, 5.74) is 1.30. The van der Waals surface area contributed by atoms with Crippen LogP contribution in [0.3, 0.4) is 0 Å². The van der Waals surface area contributed by atoms with E-state index in [1.165, 1.54) is 5.56 Å². The highest BCUT2D eigenvalue weighted by Gasteiger charge is 2.02. The van der Waals surface area contributed by atoms with Crippen molar-refractivity contribution in [3.8, 4) is 0 Å². The van der Waals surface area contributed by atoms with Crippen molar-refractivity contribution in [3.05, 3.63) is 32.7 Å². The molecule has 0 amide bonds. The van der Waals surface area contributed by atoms with Gasteiger partial charge in [-0.1, -0.05) is 6.07 Å². The summed E-state index contributed by atoms with van der Waals surface area (Å²) in [4.78, 5) is 0. The third-order valence-corrected chi connectivity index (χ3v) is 4.77. The predicted molar refractivity (Wildman–Crippen MR) is 76.5 cm³/mol. The Labute approximate surface area is 113 Å². The SMILES string of the molecule is CSCC(C)NCc1ccc(Br)c(Br)c1. The zero-order chi connectivity index (χ0) is 11.3. The molecular formula is C11H15Br2NS. The molecule has 0 spiro atoms. The Morgan fingerprint density at radius 2 is 2.07 bits per heavy atom. The maximum atomic E-state index is 3.51. The van der Waals surface area contributed by atoms with Crippen molar-refractivity contribution in [2.24, 2.45) is 0 Å². The second-order valence-electron chi connectivity index (χ2n) is 3.49. The van der Waals surface area contributed by atoms with Crippen LogP contribution < -0.4 is 5.32 Å². The van der Waals surface area contributed by atoms with E-state index >= 15 is 0 Å². The predicted octanol–water partition coefficient (Wildman–Crippen LogP) is 4.05. The Hall–Kier alpha value is 0.490. The van der Waals surface area contributed by atoms with Gasteiger partial charge in [-0.25, -0.2) is 0 Å². The van der Waals surface area contributed by atoms with Gasteiger partial charge in [0, 0.05) is 27.3 Å². The summed E-state index contributed by atoms with van der Waals surface area (Å²) in [5.74, 6) is 1.15. The number of benzene rings is 1. The van der Waals surface area contributed by atoms with Gasteiger partial charge in [0.25, 0.3) is 0 Å². The lowest BCUT2D eigenvalue weighted by Crippen LogP contribution is -2.27. The van der Waals surface area contributed by atoms with Crippen molar-refractivity contribution < 1.29 is 0 Å². The van der Waals surface area contributed by atoms with E-state index in [9.17, 15) is 0 Å². The molecule has 1 rings (SSSR count). The molecule has 0 bridgehead atoms. The van der Waals surface area contributed by atoms with Gasteiger partial charge in [0.1, 0.15) is 0 Å². The number of hydrogen-bond acceptors (Lipinski definition) is 2. The minimum atomic E-state index is 0.558. The van der Waals surface area contributed by atoms with Crippen LogP contribution in [0.4, 0.5) is 0 Å². The molecule has 1 atom stereocenters. The van der Waals surface area contributed by atoms with E-state index in [0.29, 0.717) is 6.04 Å². The molecule has 0 aromatic heterocycles. The molecule has 15 heavy (non-hydrogen) atoms. The lowest BCUT2D eigenvalue weighted by molar-refractivity contribution is 0.596. The first kappa shape index (κ1) is 13.6. The molecule has 0 aliphatic heterocycles. The maximum Gasteiger partial charge on any atom is 0.0320 e. The summed E-state index contributed by atoms with van der Waals surface area (Å²) in [5, 5.41) is 3.49. The largest absolute Gasteiger partial charge is 0.309 e. The second kappa shape index (κ2) is 6.94. The summed E-state index contributed by atoms with van der Waals surface area (Å²) in [6, 6.07) is 6.90. The van der Waals surface area contributed by atoms with Gasteiger partial charge in [-0.05, 0) is 62.7 Å². The Morgan fingerprint density at radius 1 is 1.33 bits per heavy atom. The van der Waals surface area contributed by atoms with Crippen LogP contribution in [0.15, 0.2) is 27.1 Å². The Bertz CT molecular complexity index is 317. The van der Waals surface area contributed by atoms with Crippen LogP contribution in [0.25, 0.3) is 0 Å². The number of thioether (sulfide) groups is 1. The average molecular weight is 353 g/mol. The van der Waals surface area contributed by atoms with Gasteiger partial charge in [-0.3, -0.25) is 0 Å². The Balaban J connectivity index is 2.47.